The van der Waals surface area contributed by atoms with E-state index in [-0.39, 0.29) is 5.75 Å². The van der Waals surface area contributed by atoms with Crippen LogP contribution in [0.15, 0.2) is 24.3 Å². The average Bonchev–Trinajstić information content (AvgIpc) is 2.78. The van der Waals surface area contributed by atoms with Gasteiger partial charge in [0, 0.05) is 6.07 Å². The Bertz CT molecular complexity index is 777. The second-order valence-corrected chi connectivity index (χ2v) is 7.35. The molecule has 2 saturated heterocycles. The molecule has 0 aliphatic carbocycles. The minimum atomic E-state index is -1.81. The van der Waals surface area contributed by atoms with E-state index in [0.29, 0.717) is 0 Å². The summed E-state index contributed by atoms with van der Waals surface area (Å²) >= 11 is 0. The Morgan fingerprint density at radius 1 is 0.844 bits per heavy atom. The van der Waals surface area contributed by atoms with Gasteiger partial charge in [0.25, 0.3) is 0 Å². The predicted octanol–water partition coefficient (Wildman–Crippen LogP) is -3.40. The van der Waals surface area contributed by atoms with Crippen LogP contribution >= 0.6 is 0 Å². The van der Waals surface area contributed by atoms with E-state index in [1.807, 2.05) is 0 Å². The summed E-state index contributed by atoms with van der Waals surface area (Å²) in [7, 11) is 0. The number of aliphatic hydroxyl groups excluding tert-OH is 7. The van der Waals surface area contributed by atoms with E-state index in [9.17, 15) is 45.9 Å². The van der Waals surface area contributed by atoms with Gasteiger partial charge in [0.2, 0.25) is 6.29 Å². The summed E-state index contributed by atoms with van der Waals surface area (Å²) in [6.07, 6.45) is -16.2. The molecule has 7 N–H and O–H groups in total. The van der Waals surface area contributed by atoms with E-state index >= 15 is 0 Å². The van der Waals surface area contributed by atoms with E-state index < -0.39 is 85.2 Å². The zero-order valence-corrected chi connectivity index (χ0v) is 16.5. The highest BCUT2D eigenvalue weighted by molar-refractivity contribution is 5.45. The zero-order valence-electron chi connectivity index (χ0n) is 16.5. The van der Waals surface area contributed by atoms with Crippen molar-refractivity contribution in [1.29, 1.82) is 0 Å². The van der Waals surface area contributed by atoms with Gasteiger partial charge in [0.05, 0.1) is 18.1 Å². The van der Waals surface area contributed by atoms with Gasteiger partial charge in [0.1, 0.15) is 48.8 Å². The Morgan fingerprint density at radius 2 is 1.44 bits per heavy atom. The maximum atomic E-state index is 11.2. The molecule has 0 radical (unpaired) electrons. The minimum Gasteiger partial charge on any atom is -0.455 e. The quantitative estimate of drug-likeness (QED) is 0.155. The average molecular weight is 463 g/mol. The molecular weight excluding hydrogens is 438 g/mol. The fraction of sp³-hybridized carbons (Fsp3) is 0.667. The highest BCUT2D eigenvalue weighted by Gasteiger charge is 2.51. The summed E-state index contributed by atoms with van der Waals surface area (Å²) in [4.78, 5) is 10.4. The number of hydrogen-bond acceptors (Lipinski definition) is 13. The minimum absolute atomic E-state index is 0.251. The first kappa shape index (κ1) is 24.7. The molecule has 2 aliphatic heterocycles. The van der Waals surface area contributed by atoms with E-state index in [0.717, 1.165) is 6.07 Å². The third-order valence-electron chi connectivity index (χ3n) is 5.27. The molecule has 2 aliphatic rings. The molecule has 180 valence electrons. The number of ether oxygens (including phenoxy) is 4. The highest BCUT2D eigenvalue weighted by atomic mass is 16.7. The van der Waals surface area contributed by atoms with Crippen molar-refractivity contribution in [3.63, 3.8) is 0 Å². The largest absolute Gasteiger partial charge is 0.455 e. The highest BCUT2D eigenvalue weighted by Crippen LogP contribution is 2.33. The fourth-order valence-electron chi connectivity index (χ4n) is 3.49. The molecule has 0 spiro atoms. The van der Waals surface area contributed by atoms with Crippen LogP contribution < -0.4 is 4.74 Å². The topological polar surface area (TPSA) is 222 Å². The van der Waals surface area contributed by atoms with Gasteiger partial charge in [-0.1, -0.05) is 12.1 Å². The number of nitrogens with zero attached hydrogens (tertiary/aromatic N) is 1. The summed E-state index contributed by atoms with van der Waals surface area (Å²) in [5.74, 6) is -0.251. The molecule has 0 amide bonds. The van der Waals surface area contributed by atoms with Gasteiger partial charge in [-0.3, -0.25) is 10.1 Å². The van der Waals surface area contributed by atoms with Crippen molar-refractivity contribution < 1.29 is 59.6 Å². The second kappa shape index (κ2) is 10.3. The van der Waals surface area contributed by atoms with Crippen LogP contribution in [0.4, 0.5) is 5.69 Å². The van der Waals surface area contributed by atoms with E-state index in [2.05, 4.69) is 0 Å². The number of nitro benzene ring substituents is 1. The first-order valence-corrected chi connectivity index (χ1v) is 9.68. The lowest BCUT2D eigenvalue weighted by Gasteiger charge is -2.45. The fourth-order valence-corrected chi connectivity index (χ4v) is 3.49. The van der Waals surface area contributed by atoms with Gasteiger partial charge in [-0.15, -0.1) is 0 Å². The van der Waals surface area contributed by atoms with Crippen molar-refractivity contribution >= 4 is 5.69 Å². The summed E-state index contributed by atoms with van der Waals surface area (Å²) in [6.45, 7) is -1.48. The number of para-hydroxylation sites is 2. The number of benzene rings is 1. The molecule has 1 aromatic rings. The third kappa shape index (κ3) is 4.84. The van der Waals surface area contributed by atoms with Crippen LogP contribution in [0, 0.1) is 10.1 Å². The molecule has 0 saturated carbocycles. The van der Waals surface area contributed by atoms with Gasteiger partial charge in [-0.05, 0) is 6.07 Å². The SMILES string of the molecule is O=[N+]([O-])c1ccccc1O[C@@H]1O[C@@H](CO)[C@@H](O[C@@H]2O[C@@H](CO)[C@@H](O)[C@@H](O)[C@H]2O)[C@@H](O)[C@H]1O. The molecule has 14 heteroatoms. The van der Waals surface area contributed by atoms with Crippen molar-refractivity contribution in [2.45, 2.75) is 61.4 Å². The maximum Gasteiger partial charge on any atom is 0.311 e. The zero-order chi connectivity index (χ0) is 23.6. The van der Waals surface area contributed by atoms with Crippen LogP contribution in [-0.2, 0) is 14.2 Å². The Morgan fingerprint density at radius 3 is 2.06 bits per heavy atom. The van der Waals surface area contributed by atoms with Gasteiger partial charge >= 0.3 is 5.69 Å². The van der Waals surface area contributed by atoms with E-state index in [1.165, 1.54) is 18.2 Å². The molecule has 14 nitrogen and oxygen atoms in total. The maximum absolute atomic E-state index is 11.2. The molecule has 2 heterocycles. The summed E-state index contributed by atoms with van der Waals surface area (Å²) < 4.78 is 21.4. The molecule has 10 atom stereocenters. The van der Waals surface area contributed by atoms with Crippen LogP contribution in [0.1, 0.15) is 0 Å². The number of aliphatic hydroxyl groups is 7. The molecule has 0 aromatic heterocycles. The normalized spacial score (nSPS) is 40.1. The van der Waals surface area contributed by atoms with Gasteiger partial charge in [0.15, 0.2) is 12.0 Å². The first-order valence-electron chi connectivity index (χ1n) is 9.68. The number of rotatable bonds is 7. The van der Waals surface area contributed by atoms with Crippen molar-refractivity contribution in [1.82, 2.24) is 0 Å². The lowest BCUT2D eigenvalue weighted by molar-refractivity contribution is -0.387. The van der Waals surface area contributed by atoms with E-state index in [1.54, 1.807) is 0 Å². The van der Waals surface area contributed by atoms with Crippen molar-refractivity contribution in [3.05, 3.63) is 34.4 Å². The van der Waals surface area contributed by atoms with Crippen LogP contribution in [0.5, 0.6) is 5.75 Å². The molecule has 0 bridgehead atoms. The van der Waals surface area contributed by atoms with Crippen LogP contribution in [-0.4, -0.2) is 115 Å². The lowest BCUT2D eigenvalue weighted by atomic mass is 9.97. The monoisotopic (exact) mass is 463 g/mol. The lowest BCUT2D eigenvalue weighted by Crippen LogP contribution is -2.65. The van der Waals surface area contributed by atoms with E-state index in [4.69, 9.17) is 18.9 Å². The Kier molecular flexibility index (Phi) is 7.94. The molecule has 2 fully saturated rings. The Labute approximate surface area is 180 Å². The van der Waals surface area contributed by atoms with Crippen molar-refractivity contribution in [3.8, 4) is 5.75 Å². The van der Waals surface area contributed by atoms with Crippen LogP contribution in [0.3, 0.4) is 0 Å². The molecule has 3 rings (SSSR count). The Balaban J connectivity index is 1.75. The van der Waals surface area contributed by atoms with Gasteiger partial charge in [-0.2, -0.15) is 0 Å². The number of nitro groups is 1. The molecule has 32 heavy (non-hydrogen) atoms. The predicted molar refractivity (Wildman–Crippen MR) is 100 cm³/mol. The number of hydrogen-bond donors (Lipinski definition) is 7. The summed E-state index contributed by atoms with van der Waals surface area (Å²) in [5.41, 5.74) is -0.418. The van der Waals surface area contributed by atoms with Crippen molar-refractivity contribution in [2.24, 2.45) is 0 Å². The van der Waals surface area contributed by atoms with Gasteiger partial charge in [-0.25, -0.2) is 0 Å². The molecule has 1 aromatic carbocycles. The van der Waals surface area contributed by atoms with Gasteiger partial charge < -0.3 is 54.7 Å². The summed E-state index contributed by atoms with van der Waals surface area (Å²) in [6, 6.07) is 5.27. The van der Waals surface area contributed by atoms with Crippen LogP contribution in [0.2, 0.25) is 0 Å². The first-order chi connectivity index (χ1) is 15.2. The standard InChI is InChI=1S/C18H25NO13/c20-5-9-11(22)12(23)14(25)18(30-9)32-16-10(6-21)31-17(15(26)13(16)24)29-8-4-2-1-3-7(8)19(27)28/h1-4,9-18,20-26H,5-6H2/t9-,10-,11+,12+,13-,14+,15+,16+,17+,18-/m0/s1. The van der Waals surface area contributed by atoms with Crippen molar-refractivity contribution in [2.75, 3.05) is 13.2 Å². The second-order valence-electron chi connectivity index (χ2n) is 7.35. The summed E-state index contributed by atoms with van der Waals surface area (Å²) in [5, 5.41) is 80.9. The molecule has 0 unspecified atom stereocenters. The third-order valence-corrected chi connectivity index (χ3v) is 5.27. The molecular formula is C18H25NO13. The Hall–Kier alpha value is -1.98. The smallest absolute Gasteiger partial charge is 0.311 e. The van der Waals surface area contributed by atoms with Crippen LogP contribution in [0.25, 0.3) is 0 Å².